The summed E-state index contributed by atoms with van der Waals surface area (Å²) in [5.41, 5.74) is 1.70. The topological polar surface area (TPSA) is 54.0 Å². The molecule has 0 saturated carbocycles. The molecular weight excluding hydrogens is 262 g/mol. The zero-order valence-electron chi connectivity index (χ0n) is 10.4. The Hall–Kier alpha value is -1.65. The summed E-state index contributed by atoms with van der Waals surface area (Å²) in [6, 6.07) is 9.77. The van der Waals surface area contributed by atoms with E-state index in [2.05, 4.69) is 15.6 Å². The van der Waals surface area contributed by atoms with E-state index in [-0.39, 0.29) is 24.4 Å². The van der Waals surface area contributed by atoms with Gasteiger partial charge in [0, 0.05) is 5.39 Å². The minimum Gasteiger partial charge on any atom is -0.323 e. The minimum atomic E-state index is -0.0588. The summed E-state index contributed by atoms with van der Waals surface area (Å²) in [5, 5.41) is 7.13. The van der Waals surface area contributed by atoms with Gasteiger partial charge in [0.25, 0.3) is 0 Å². The summed E-state index contributed by atoms with van der Waals surface area (Å²) in [6.45, 7) is 0.925. The lowest BCUT2D eigenvalue weighted by Gasteiger charge is -2.11. The first-order valence-corrected chi connectivity index (χ1v) is 6.22. The summed E-state index contributed by atoms with van der Waals surface area (Å²) in [5.74, 6) is 0.0320. The quantitative estimate of drug-likeness (QED) is 0.886. The van der Waals surface area contributed by atoms with Gasteiger partial charge in [-0.25, -0.2) is 0 Å². The van der Waals surface area contributed by atoms with E-state index in [1.807, 2.05) is 30.3 Å². The third-order valence-corrected chi connectivity index (χ3v) is 3.23. The van der Waals surface area contributed by atoms with Crippen molar-refractivity contribution < 1.29 is 4.79 Å². The molecule has 1 aliphatic heterocycles. The molecule has 1 unspecified atom stereocenters. The van der Waals surface area contributed by atoms with Crippen LogP contribution >= 0.6 is 12.4 Å². The van der Waals surface area contributed by atoms with Crippen LogP contribution in [-0.4, -0.2) is 23.5 Å². The smallest absolute Gasteiger partial charge is 0.241 e. The SMILES string of the molecule is Cl.O=C(Nc1cnc2ccccc2c1)C1CCCN1. The Morgan fingerprint density at radius 2 is 2.21 bits per heavy atom. The Balaban J connectivity index is 0.00000133. The Bertz CT molecular complexity index is 582. The molecule has 1 saturated heterocycles. The number of amides is 1. The molecule has 1 aromatic carbocycles. The minimum absolute atomic E-state index is 0. The number of nitrogens with zero attached hydrogens (tertiary/aromatic N) is 1. The highest BCUT2D eigenvalue weighted by Crippen LogP contribution is 2.17. The van der Waals surface area contributed by atoms with E-state index in [0.29, 0.717) is 0 Å². The van der Waals surface area contributed by atoms with E-state index in [4.69, 9.17) is 0 Å². The van der Waals surface area contributed by atoms with Gasteiger partial charge in [0.05, 0.1) is 23.4 Å². The predicted octanol–water partition coefficient (Wildman–Crippen LogP) is 2.35. The number of benzene rings is 1. The van der Waals surface area contributed by atoms with E-state index >= 15 is 0 Å². The van der Waals surface area contributed by atoms with Crippen molar-refractivity contribution in [3.63, 3.8) is 0 Å². The maximum absolute atomic E-state index is 11.9. The van der Waals surface area contributed by atoms with Crippen LogP contribution in [-0.2, 0) is 4.79 Å². The number of aromatic nitrogens is 1. The number of nitrogens with one attached hydrogen (secondary N) is 2. The Morgan fingerprint density at radius 3 is 3.00 bits per heavy atom. The van der Waals surface area contributed by atoms with Crippen LogP contribution < -0.4 is 10.6 Å². The average Bonchev–Trinajstić information content (AvgIpc) is 2.92. The van der Waals surface area contributed by atoms with E-state index in [1.165, 1.54) is 0 Å². The van der Waals surface area contributed by atoms with Crippen molar-refractivity contribution in [3.05, 3.63) is 36.5 Å². The summed E-state index contributed by atoms with van der Waals surface area (Å²) in [4.78, 5) is 16.3. The maximum atomic E-state index is 11.9. The van der Waals surface area contributed by atoms with Crippen molar-refractivity contribution in [1.82, 2.24) is 10.3 Å². The molecule has 100 valence electrons. The fourth-order valence-electron chi connectivity index (χ4n) is 2.28. The molecule has 0 bridgehead atoms. The van der Waals surface area contributed by atoms with Gasteiger partial charge < -0.3 is 10.6 Å². The maximum Gasteiger partial charge on any atom is 0.241 e. The second-order valence-electron chi connectivity index (χ2n) is 4.55. The summed E-state index contributed by atoms with van der Waals surface area (Å²) in [7, 11) is 0. The zero-order chi connectivity index (χ0) is 12.4. The number of carbonyl (C=O) groups excluding carboxylic acids is 1. The summed E-state index contributed by atoms with van der Waals surface area (Å²) in [6.07, 6.45) is 3.68. The van der Waals surface area contributed by atoms with Gasteiger partial charge in [-0.05, 0) is 31.5 Å². The Morgan fingerprint density at radius 1 is 1.37 bits per heavy atom. The van der Waals surface area contributed by atoms with Crippen molar-refractivity contribution in [3.8, 4) is 0 Å². The number of fused-ring (bicyclic) bond motifs is 1. The molecule has 3 rings (SSSR count). The number of carbonyl (C=O) groups is 1. The number of para-hydroxylation sites is 1. The van der Waals surface area contributed by atoms with Crippen LogP contribution in [0.15, 0.2) is 36.5 Å². The third kappa shape index (κ3) is 3.03. The zero-order valence-corrected chi connectivity index (χ0v) is 11.2. The fraction of sp³-hybridized carbons (Fsp3) is 0.286. The number of halogens is 1. The van der Waals surface area contributed by atoms with E-state index in [9.17, 15) is 4.79 Å². The fourth-order valence-corrected chi connectivity index (χ4v) is 2.28. The second kappa shape index (κ2) is 5.99. The van der Waals surface area contributed by atoms with E-state index in [0.717, 1.165) is 36.0 Å². The third-order valence-electron chi connectivity index (χ3n) is 3.23. The van der Waals surface area contributed by atoms with Crippen molar-refractivity contribution in [1.29, 1.82) is 0 Å². The van der Waals surface area contributed by atoms with Crippen molar-refractivity contribution in [2.45, 2.75) is 18.9 Å². The average molecular weight is 278 g/mol. The molecule has 1 amide bonds. The second-order valence-corrected chi connectivity index (χ2v) is 4.55. The molecule has 1 aromatic heterocycles. The van der Waals surface area contributed by atoms with Crippen molar-refractivity contribution >= 4 is 34.9 Å². The summed E-state index contributed by atoms with van der Waals surface area (Å²) < 4.78 is 0. The highest BCUT2D eigenvalue weighted by Gasteiger charge is 2.21. The van der Waals surface area contributed by atoms with Crippen LogP contribution in [0.4, 0.5) is 5.69 Å². The largest absolute Gasteiger partial charge is 0.323 e. The number of anilines is 1. The van der Waals surface area contributed by atoms with Gasteiger partial charge in [-0.15, -0.1) is 12.4 Å². The first kappa shape index (κ1) is 13.8. The molecule has 1 fully saturated rings. The van der Waals surface area contributed by atoms with Gasteiger partial charge in [-0.3, -0.25) is 9.78 Å². The van der Waals surface area contributed by atoms with Gasteiger partial charge in [0.1, 0.15) is 0 Å². The molecular formula is C14H16ClN3O. The van der Waals surface area contributed by atoms with E-state index in [1.54, 1.807) is 6.20 Å². The first-order chi connectivity index (χ1) is 8.83. The molecule has 2 aromatic rings. The lowest BCUT2D eigenvalue weighted by molar-refractivity contribution is -0.117. The van der Waals surface area contributed by atoms with Crippen molar-refractivity contribution in [2.24, 2.45) is 0 Å². The van der Waals surface area contributed by atoms with Gasteiger partial charge in [-0.1, -0.05) is 18.2 Å². The molecule has 1 atom stereocenters. The molecule has 0 aliphatic carbocycles. The molecule has 5 heteroatoms. The molecule has 2 heterocycles. The highest BCUT2D eigenvalue weighted by atomic mass is 35.5. The van der Waals surface area contributed by atoms with Gasteiger partial charge in [0.15, 0.2) is 0 Å². The van der Waals surface area contributed by atoms with Crippen molar-refractivity contribution in [2.75, 3.05) is 11.9 Å². The first-order valence-electron chi connectivity index (χ1n) is 6.22. The van der Waals surface area contributed by atoms with Gasteiger partial charge >= 0.3 is 0 Å². The molecule has 0 radical (unpaired) electrons. The van der Waals surface area contributed by atoms with Crippen LogP contribution in [0.25, 0.3) is 10.9 Å². The Kier molecular flexibility index (Phi) is 4.35. The van der Waals surface area contributed by atoms with Crippen LogP contribution in [0.2, 0.25) is 0 Å². The highest BCUT2D eigenvalue weighted by molar-refractivity contribution is 5.96. The number of pyridine rings is 1. The summed E-state index contributed by atoms with van der Waals surface area (Å²) >= 11 is 0. The van der Waals surface area contributed by atoms with Crippen LogP contribution in [0.1, 0.15) is 12.8 Å². The van der Waals surface area contributed by atoms with Crippen LogP contribution in [0.3, 0.4) is 0 Å². The lowest BCUT2D eigenvalue weighted by atomic mass is 10.2. The standard InChI is InChI=1S/C14H15N3O.ClH/c18-14(13-6-3-7-15-13)17-11-8-10-4-1-2-5-12(10)16-9-11;/h1-2,4-5,8-9,13,15H,3,6-7H2,(H,17,18);1H. The lowest BCUT2D eigenvalue weighted by Crippen LogP contribution is -2.35. The molecule has 2 N–H and O–H groups in total. The molecule has 1 aliphatic rings. The van der Waals surface area contributed by atoms with Crippen LogP contribution in [0.5, 0.6) is 0 Å². The van der Waals surface area contributed by atoms with Gasteiger partial charge in [-0.2, -0.15) is 0 Å². The monoisotopic (exact) mass is 277 g/mol. The molecule has 0 spiro atoms. The number of rotatable bonds is 2. The van der Waals surface area contributed by atoms with Gasteiger partial charge in [0.2, 0.25) is 5.91 Å². The molecule has 19 heavy (non-hydrogen) atoms. The Labute approximate surface area is 118 Å². The normalized spacial score (nSPS) is 18.0. The van der Waals surface area contributed by atoms with E-state index < -0.39 is 0 Å². The van der Waals surface area contributed by atoms with Crippen LogP contribution in [0, 0.1) is 0 Å². The predicted molar refractivity (Wildman–Crippen MR) is 78.6 cm³/mol. The number of hydrogen-bond acceptors (Lipinski definition) is 3. The molecule has 4 nitrogen and oxygen atoms in total. The number of hydrogen-bond donors (Lipinski definition) is 2.